The van der Waals surface area contributed by atoms with Crippen molar-refractivity contribution in [2.75, 3.05) is 0 Å². The van der Waals surface area contributed by atoms with Gasteiger partial charge in [-0.05, 0) is 42.0 Å². The van der Waals surface area contributed by atoms with Crippen LogP contribution in [0.5, 0.6) is 40.2 Å². The molecule has 3 aromatic carbocycles. The van der Waals surface area contributed by atoms with E-state index in [1.807, 2.05) is 0 Å². The first-order chi connectivity index (χ1) is 22.1. The van der Waals surface area contributed by atoms with E-state index in [-0.39, 0.29) is 22.6 Å². The summed E-state index contributed by atoms with van der Waals surface area (Å²) < 4.78 is 22.8. The molecule has 1 aliphatic carbocycles. The number of ether oxygens (including phenoxy) is 4. The highest BCUT2D eigenvalue weighted by Crippen LogP contribution is 2.55. The zero-order chi connectivity index (χ0) is 34.1. The average Bonchev–Trinajstić information content (AvgIpc) is 2.99. The number of fused-ring (bicyclic) bond motifs is 3. The highest BCUT2D eigenvalue weighted by Gasteiger charge is 2.71. The van der Waals surface area contributed by atoms with Crippen molar-refractivity contribution in [1.82, 2.24) is 0 Å². The van der Waals surface area contributed by atoms with Crippen LogP contribution >= 0.6 is 0 Å². The summed E-state index contributed by atoms with van der Waals surface area (Å²) >= 11 is 0. The van der Waals surface area contributed by atoms with Gasteiger partial charge in [-0.3, -0.25) is 4.79 Å². The first-order valence-electron chi connectivity index (χ1n) is 13.8. The molecule has 2 aliphatic heterocycles. The van der Waals surface area contributed by atoms with E-state index in [9.17, 15) is 60.3 Å². The van der Waals surface area contributed by atoms with Crippen molar-refractivity contribution < 1.29 is 79.3 Å². The number of benzene rings is 3. The molecule has 0 bridgehead atoms. The zero-order valence-electron chi connectivity index (χ0n) is 23.8. The second kappa shape index (κ2) is 10.8. The fraction of sp³-hybridized carbons (Fsp3) is 0.258. The molecule has 3 aromatic rings. The predicted octanol–water partition coefficient (Wildman–Crippen LogP) is 0.353. The second-order valence-corrected chi connectivity index (χ2v) is 11.3. The van der Waals surface area contributed by atoms with Crippen LogP contribution in [0.2, 0.25) is 0 Å². The van der Waals surface area contributed by atoms with Gasteiger partial charge in [0.1, 0.15) is 35.0 Å². The van der Waals surface area contributed by atoms with Crippen LogP contribution in [0.15, 0.2) is 54.6 Å². The monoisotopic (exact) mass is 654 g/mol. The van der Waals surface area contributed by atoms with Crippen LogP contribution in [0.4, 0.5) is 0 Å². The van der Waals surface area contributed by atoms with Crippen molar-refractivity contribution >= 4 is 23.8 Å². The van der Waals surface area contributed by atoms with Crippen LogP contribution in [0.25, 0.3) is 6.08 Å². The number of aliphatic hydroxyl groups excluding tert-OH is 2. The summed E-state index contributed by atoms with van der Waals surface area (Å²) in [7, 11) is 0. The summed E-state index contributed by atoms with van der Waals surface area (Å²) in [6.45, 7) is 0. The highest BCUT2D eigenvalue weighted by atomic mass is 16.8. The quantitative estimate of drug-likeness (QED) is 0.102. The lowest BCUT2D eigenvalue weighted by Crippen LogP contribution is -2.70. The lowest BCUT2D eigenvalue weighted by atomic mass is 9.79. The zero-order valence-corrected chi connectivity index (χ0v) is 23.8. The topological polar surface area (TPSA) is 270 Å². The number of carboxylic acids is 1. The number of aromatic hydroxyl groups is 4. The number of carboxylic acid groups (broad SMARTS) is 1. The lowest BCUT2D eigenvalue weighted by Gasteiger charge is -2.50. The highest BCUT2D eigenvalue weighted by molar-refractivity contribution is 6.08. The summed E-state index contributed by atoms with van der Waals surface area (Å²) in [6.07, 6.45) is -4.19. The van der Waals surface area contributed by atoms with Gasteiger partial charge in [0.25, 0.3) is 5.78 Å². The molecule has 1 saturated carbocycles. The van der Waals surface area contributed by atoms with Gasteiger partial charge < -0.3 is 64.9 Å². The number of phenols is 4. The van der Waals surface area contributed by atoms with E-state index in [0.717, 1.165) is 36.4 Å². The third-order valence-electron chi connectivity index (χ3n) is 8.07. The second-order valence-electron chi connectivity index (χ2n) is 11.3. The summed E-state index contributed by atoms with van der Waals surface area (Å²) in [5.41, 5.74) is -3.03. The van der Waals surface area contributed by atoms with E-state index < -0.39 is 100 Å². The van der Waals surface area contributed by atoms with Crippen LogP contribution in [-0.2, 0) is 20.1 Å². The fourth-order valence-corrected chi connectivity index (χ4v) is 5.68. The Kier molecular flexibility index (Phi) is 7.20. The van der Waals surface area contributed by atoms with Crippen LogP contribution < -0.4 is 14.2 Å². The molecular weight excluding hydrogens is 628 g/mol. The Morgan fingerprint density at radius 1 is 0.830 bits per heavy atom. The Bertz CT molecular complexity index is 1850. The van der Waals surface area contributed by atoms with Crippen molar-refractivity contribution in [1.29, 1.82) is 0 Å². The molecule has 3 aliphatic rings. The van der Waals surface area contributed by atoms with Crippen molar-refractivity contribution in [2.24, 2.45) is 0 Å². The number of phenolic OH excluding ortho intramolecular Hbond substituents is 4. The van der Waals surface area contributed by atoms with E-state index in [2.05, 4.69) is 0 Å². The van der Waals surface area contributed by atoms with E-state index in [1.165, 1.54) is 24.3 Å². The summed E-state index contributed by atoms with van der Waals surface area (Å²) in [5, 5.41) is 92.1. The number of ketones is 1. The summed E-state index contributed by atoms with van der Waals surface area (Å²) in [5.74, 6) is -13.0. The molecule has 0 aromatic heterocycles. The minimum Gasteiger partial charge on any atom is -0.508 e. The van der Waals surface area contributed by atoms with Crippen molar-refractivity contribution in [3.63, 3.8) is 0 Å². The molecule has 9 N–H and O–H groups in total. The number of hydrogen-bond acceptors (Lipinski definition) is 15. The first-order valence-corrected chi connectivity index (χ1v) is 13.8. The molecule has 16 nitrogen and oxygen atoms in total. The molecule has 246 valence electrons. The van der Waals surface area contributed by atoms with Gasteiger partial charge in [-0.15, -0.1) is 0 Å². The molecule has 2 heterocycles. The van der Waals surface area contributed by atoms with Gasteiger partial charge in [0.15, 0.2) is 28.6 Å². The number of rotatable bonds is 5. The van der Waals surface area contributed by atoms with E-state index in [1.54, 1.807) is 0 Å². The Balaban J connectivity index is 1.32. The molecular formula is C31H26O16. The summed E-state index contributed by atoms with van der Waals surface area (Å²) in [6, 6.07) is 8.89. The maximum atomic E-state index is 13.8. The maximum Gasteiger partial charge on any atom is 0.357 e. The van der Waals surface area contributed by atoms with E-state index >= 15 is 0 Å². The van der Waals surface area contributed by atoms with Crippen LogP contribution in [0, 0.1) is 0 Å². The first kappa shape index (κ1) is 31.4. The molecule has 16 heteroatoms. The van der Waals surface area contributed by atoms with Gasteiger partial charge in [-0.25, -0.2) is 9.59 Å². The Morgan fingerprint density at radius 2 is 1.55 bits per heavy atom. The minimum atomic E-state index is -3.11. The maximum absolute atomic E-state index is 13.8. The van der Waals surface area contributed by atoms with E-state index in [4.69, 9.17) is 18.9 Å². The lowest BCUT2D eigenvalue weighted by molar-refractivity contribution is -0.316. The van der Waals surface area contributed by atoms with Gasteiger partial charge in [0.05, 0.1) is 6.10 Å². The Labute approximate surface area is 263 Å². The van der Waals surface area contributed by atoms with Crippen molar-refractivity contribution in [3.8, 4) is 40.2 Å². The number of hydrogen-bond donors (Lipinski definition) is 9. The largest absolute Gasteiger partial charge is 0.508 e. The molecule has 0 radical (unpaired) electrons. The van der Waals surface area contributed by atoms with Gasteiger partial charge in [-0.2, -0.15) is 0 Å². The third-order valence-corrected chi connectivity index (χ3v) is 8.07. The molecule has 0 saturated heterocycles. The predicted molar refractivity (Wildman–Crippen MR) is 152 cm³/mol. The molecule has 47 heavy (non-hydrogen) atoms. The molecule has 6 atom stereocenters. The number of carbonyl (C=O) groups is 3. The van der Waals surface area contributed by atoms with Crippen LogP contribution in [0.1, 0.15) is 34.3 Å². The standard InChI is InChI=1S/C31H26O16/c32-15-9-18(35)25-22(10-15)47-31(14-3-4-16(33)17(34)8-14)30(43,27(25)39)45-21-7-13(1-5-20(21)46-31)2-6-24(37)44-23-12-29(42,28(40)41)11-19(36)26(23)38/h1-10,19,23,26,32-36,38,42-43H,11-12H2,(H,40,41)/b6-2+/t19-,23-,26-,29+,30?,31?/m1/s1. The Morgan fingerprint density at radius 3 is 2.26 bits per heavy atom. The van der Waals surface area contributed by atoms with Crippen LogP contribution in [0.3, 0.4) is 0 Å². The number of esters is 1. The molecule has 0 spiro atoms. The van der Waals surface area contributed by atoms with Gasteiger partial charge >= 0.3 is 23.5 Å². The van der Waals surface area contributed by atoms with Gasteiger partial charge in [0, 0.05) is 36.6 Å². The molecule has 1 fully saturated rings. The van der Waals surface area contributed by atoms with Crippen LogP contribution in [-0.4, -0.2) is 93.4 Å². The average molecular weight is 655 g/mol. The number of carbonyl (C=O) groups excluding carboxylic acids is 2. The van der Waals surface area contributed by atoms with E-state index in [0.29, 0.717) is 0 Å². The summed E-state index contributed by atoms with van der Waals surface area (Å²) in [4.78, 5) is 37.8. The molecule has 2 unspecified atom stereocenters. The van der Waals surface area contributed by atoms with Gasteiger partial charge in [-0.1, -0.05) is 6.07 Å². The molecule has 0 amide bonds. The smallest absolute Gasteiger partial charge is 0.357 e. The SMILES string of the molecule is O=C(/C=C/c1ccc2c(c1)OC1(O)C(=O)c3c(O)cc(O)cc3OC1(c1ccc(O)c(O)c1)O2)O[C@@H]1C[C@](O)(C(=O)O)C[C@@H](O)[C@H]1O. The van der Waals surface area contributed by atoms with Crippen molar-refractivity contribution in [2.45, 2.75) is 48.3 Å². The van der Waals surface area contributed by atoms with Crippen molar-refractivity contribution in [3.05, 3.63) is 71.3 Å². The molecule has 6 rings (SSSR count). The van der Waals surface area contributed by atoms with Gasteiger partial charge in [0.2, 0.25) is 0 Å². The Hall–Kier alpha value is -5.55. The normalized spacial score (nSPS) is 29.4. The third kappa shape index (κ3) is 4.99. The number of aliphatic carboxylic acids is 1. The minimum absolute atomic E-state index is 0.130. The fourth-order valence-electron chi connectivity index (χ4n) is 5.68. The number of Topliss-reactive ketones (excluding diaryl/α,β-unsaturated/α-hetero) is 1. The number of aliphatic hydroxyl groups is 4.